The van der Waals surface area contributed by atoms with Gasteiger partial charge in [-0.2, -0.15) is 5.10 Å². The summed E-state index contributed by atoms with van der Waals surface area (Å²) in [6, 6.07) is 5.48. The molecule has 102 valence electrons. The van der Waals surface area contributed by atoms with E-state index >= 15 is 0 Å². The third-order valence-electron chi connectivity index (χ3n) is 3.12. The van der Waals surface area contributed by atoms with Gasteiger partial charge >= 0.3 is 0 Å². The van der Waals surface area contributed by atoms with Gasteiger partial charge in [0.15, 0.2) is 0 Å². The molecule has 0 radical (unpaired) electrons. The van der Waals surface area contributed by atoms with Crippen LogP contribution in [-0.4, -0.2) is 9.78 Å². The van der Waals surface area contributed by atoms with Gasteiger partial charge in [0.1, 0.15) is 0 Å². The predicted molar refractivity (Wildman–Crippen MR) is 78.3 cm³/mol. The van der Waals surface area contributed by atoms with Crippen molar-refractivity contribution in [3.63, 3.8) is 0 Å². The Kier molecular flexibility index (Phi) is 4.47. The number of benzene rings is 1. The zero-order chi connectivity index (χ0) is 14.0. The number of nitrogens with one attached hydrogen (secondary N) is 1. The molecular weight excluding hydrogens is 283 g/mol. The molecule has 0 aliphatic rings. The molecule has 2 aromatic rings. The van der Waals surface area contributed by atoms with Crippen LogP contribution in [0, 0.1) is 6.92 Å². The van der Waals surface area contributed by atoms with Crippen molar-refractivity contribution in [2.75, 3.05) is 0 Å². The second-order valence-electron chi connectivity index (χ2n) is 4.29. The summed E-state index contributed by atoms with van der Waals surface area (Å²) in [7, 11) is 0. The normalized spacial score (nSPS) is 12.7. The molecule has 1 unspecified atom stereocenters. The summed E-state index contributed by atoms with van der Waals surface area (Å²) in [4.78, 5) is 0. The van der Waals surface area contributed by atoms with Crippen molar-refractivity contribution in [2.24, 2.45) is 5.84 Å². The molecule has 1 aromatic carbocycles. The molecular formula is C13H16Cl2N4. The van der Waals surface area contributed by atoms with E-state index in [1.807, 2.05) is 36.7 Å². The molecule has 3 N–H and O–H groups in total. The zero-order valence-corrected chi connectivity index (χ0v) is 12.3. The number of halogens is 2. The number of aryl methyl sites for hydroxylation is 2. The average Bonchev–Trinajstić information content (AvgIpc) is 2.74. The molecule has 4 nitrogen and oxygen atoms in total. The molecule has 6 heteroatoms. The highest BCUT2D eigenvalue weighted by molar-refractivity contribution is 6.31. The molecule has 0 saturated carbocycles. The lowest BCUT2D eigenvalue weighted by Gasteiger charge is -2.20. The lowest BCUT2D eigenvalue weighted by molar-refractivity contribution is 0.542. The maximum atomic E-state index is 6.23. The van der Waals surface area contributed by atoms with Crippen molar-refractivity contribution in [3.05, 3.63) is 51.3 Å². The zero-order valence-electron chi connectivity index (χ0n) is 10.8. The summed E-state index contributed by atoms with van der Waals surface area (Å²) < 4.78 is 1.83. The number of nitrogens with zero attached hydrogens (tertiary/aromatic N) is 2. The minimum Gasteiger partial charge on any atom is -0.271 e. The van der Waals surface area contributed by atoms with Gasteiger partial charge in [-0.3, -0.25) is 10.5 Å². The van der Waals surface area contributed by atoms with Crippen LogP contribution >= 0.6 is 23.2 Å². The molecule has 0 fully saturated rings. The van der Waals surface area contributed by atoms with Crippen LogP contribution in [0.15, 0.2) is 24.4 Å². The van der Waals surface area contributed by atoms with E-state index in [1.165, 1.54) is 0 Å². The van der Waals surface area contributed by atoms with Crippen LogP contribution in [0.2, 0.25) is 10.0 Å². The van der Waals surface area contributed by atoms with Gasteiger partial charge in [-0.15, -0.1) is 0 Å². The largest absolute Gasteiger partial charge is 0.271 e. The highest BCUT2D eigenvalue weighted by Crippen LogP contribution is 2.30. The van der Waals surface area contributed by atoms with E-state index in [1.54, 1.807) is 6.20 Å². The van der Waals surface area contributed by atoms with Crippen molar-refractivity contribution in [3.8, 4) is 0 Å². The van der Waals surface area contributed by atoms with Gasteiger partial charge in [-0.05, 0) is 37.1 Å². The Hall–Kier alpha value is -1.07. The molecule has 0 bridgehead atoms. The monoisotopic (exact) mass is 298 g/mol. The highest BCUT2D eigenvalue weighted by atomic mass is 35.5. The number of aromatic nitrogens is 2. The van der Waals surface area contributed by atoms with Crippen LogP contribution in [0.25, 0.3) is 0 Å². The number of nitrogens with two attached hydrogens (primary N) is 1. The second kappa shape index (κ2) is 5.92. The van der Waals surface area contributed by atoms with Crippen molar-refractivity contribution in [2.45, 2.75) is 26.4 Å². The lowest BCUT2D eigenvalue weighted by Crippen LogP contribution is -2.31. The Bertz CT molecular complexity index is 580. The van der Waals surface area contributed by atoms with E-state index in [0.717, 1.165) is 23.4 Å². The smallest absolute Gasteiger partial charge is 0.0896 e. The first-order valence-corrected chi connectivity index (χ1v) is 6.77. The highest BCUT2D eigenvalue weighted by Gasteiger charge is 2.22. The van der Waals surface area contributed by atoms with Crippen molar-refractivity contribution in [1.29, 1.82) is 0 Å². The number of hydrogen-bond donors (Lipinski definition) is 2. The fourth-order valence-corrected chi connectivity index (χ4v) is 2.67. The molecule has 19 heavy (non-hydrogen) atoms. The van der Waals surface area contributed by atoms with Gasteiger partial charge in [0, 0.05) is 11.6 Å². The molecule has 1 atom stereocenters. The summed E-state index contributed by atoms with van der Waals surface area (Å²) in [5.74, 6) is 5.71. The van der Waals surface area contributed by atoms with Gasteiger partial charge in [0.05, 0.1) is 23.0 Å². The Labute approximate surface area is 122 Å². The summed E-state index contributed by atoms with van der Waals surface area (Å²) in [6.45, 7) is 4.73. The van der Waals surface area contributed by atoms with Crippen LogP contribution in [0.1, 0.15) is 29.8 Å². The van der Waals surface area contributed by atoms with E-state index in [2.05, 4.69) is 10.5 Å². The molecule has 2 rings (SSSR count). The third kappa shape index (κ3) is 2.77. The fraction of sp³-hybridized carbons (Fsp3) is 0.308. The second-order valence-corrected chi connectivity index (χ2v) is 5.14. The number of rotatable bonds is 4. The van der Waals surface area contributed by atoms with Gasteiger partial charge < -0.3 is 0 Å². The molecule has 0 aliphatic carbocycles. The maximum absolute atomic E-state index is 6.23. The standard InChI is InChI=1S/C13H16Cl2N4/c1-3-19-13(11(15)7-17-19)12(18-16)10-5-4-9(14)6-8(10)2/h4-7,12,18H,3,16H2,1-2H3. The Morgan fingerprint density at radius 2 is 2.16 bits per heavy atom. The van der Waals surface area contributed by atoms with Gasteiger partial charge in [0.25, 0.3) is 0 Å². The fourth-order valence-electron chi connectivity index (χ4n) is 2.19. The molecule has 0 spiro atoms. The molecule has 0 saturated heterocycles. The quantitative estimate of drug-likeness (QED) is 0.674. The van der Waals surface area contributed by atoms with Crippen LogP contribution in [0.5, 0.6) is 0 Å². The first kappa shape index (κ1) is 14.3. The van der Waals surface area contributed by atoms with E-state index in [4.69, 9.17) is 29.0 Å². The Balaban J connectivity index is 2.52. The average molecular weight is 299 g/mol. The van der Waals surface area contributed by atoms with Crippen molar-refractivity contribution < 1.29 is 0 Å². The third-order valence-corrected chi connectivity index (χ3v) is 3.64. The first-order valence-electron chi connectivity index (χ1n) is 6.01. The lowest BCUT2D eigenvalue weighted by atomic mass is 9.99. The summed E-state index contributed by atoms with van der Waals surface area (Å²) in [5, 5.41) is 5.54. The first-order chi connectivity index (χ1) is 9.08. The van der Waals surface area contributed by atoms with Gasteiger partial charge in [-0.25, -0.2) is 5.43 Å². The van der Waals surface area contributed by atoms with E-state index < -0.39 is 0 Å². The molecule has 1 heterocycles. The van der Waals surface area contributed by atoms with E-state index in [-0.39, 0.29) is 6.04 Å². The van der Waals surface area contributed by atoms with Crippen molar-refractivity contribution >= 4 is 23.2 Å². The topological polar surface area (TPSA) is 55.9 Å². The maximum Gasteiger partial charge on any atom is 0.0896 e. The van der Waals surface area contributed by atoms with Crippen LogP contribution in [-0.2, 0) is 6.54 Å². The Morgan fingerprint density at radius 1 is 1.42 bits per heavy atom. The SMILES string of the molecule is CCn1ncc(Cl)c1C(NN)c1ccc(Cl)cc1C. The number of hydrogen-bond acceptors (Lipinski definition) is 3. The van der Waals surface area contributed by atoms with Gasteiger partial charge in [-0.1, -0.05) is 29.3 Å². The van der Waals surface area contributed by atoms with E-state index in [9.17, 15) is 0 Å². The summed E-state index contributed by atoms with van der Waals surface area (Å²) in [5.41, 5.74) is 5.75. The minimum absolute atomic E-state index is 0.216. The van der Waals surface area contributed by atoms with Crippen LogP contribution in [0.4, 0.5) is 0 Å². The minimum atomic E-state index is -0.216. The molecule has 0 aliphatic heterocycles. The van der Waals surface area contributed by atoms with E-state index in [0.29, 0.717) is 10.0 Å². The van der Waals surface area contributed by atoms with Crippen LogP contribution < -0.4 is 11.3 Å². The van der Waals surface area contributed by atoms with Gasteiger partial charge in [0.2, 0.25) is 0 Å². The summed E-state index contributed by atoms with van der Waals surface area (Å²) in [6.07, 6.45) is 1.63. The molecule has 0 amide bonds. The summed E-state index contributed by atoms with van der Waals surface area (Å²) >= 11 is 12.2. The van der Waals surface area contributed by atoms with Crippen LogP contribution in [0.3, 0.4) is 0 Å². The Morgan fingerprint density at radius 3 is 2.74 bits per heavy atom. The molecule has 1 aromatic heterocycles. The predicted octanol–water partition coefficient (Wildman–Crippen LogP) is 3.07. The van der Waals surface area contributed by atoms with Crippen molar-refractivity contribution in [1.82, 2.24) is 15.2 Å². The number of hydrazine groups is 1.